The minimum Gasteiger partial charge on any atom is -0.381 e. The van der Waals surface area contributed by atoms with Crippen molar-refractivity contribution in [2.24, 2.45) is 23.7 Å². The molecule has 0 N–H and O–H groups in total. The molecule has 2 rings (SSSR count). The number of nitrogens with zero attached hydrogens (tertiary/aromatic N) is 3. The molecule has 4 atom stereocenters. The van der Waals surface area contributed by atoms with E-state index in [0.29, 0.717) is 17.9 Å². The first-order valence-electron chi connectivity index (χ1n) is 13.7. The van der Waals surface area contributed by atoms with Gasteiger partial charge < -0.3 is 19.3 Å². The molecule has 8 nitrogen and oxygen atoms in total. The second kappa shape index (κ2) is 11.5. The van der Waals surface area contributed by atoms with Gasteiger partial charge >= 0.3 is 11.9 Å². The van der Waals surface area contributed by atoms with Gasteiger partial charge in [-0.3, -0.25) is 9.59 Å². The normalized spacial score (nSPS) is 34.8. The highest BCUT2D eigenvalue weighted by molar-refractivity contribution is 5.66. The van der Waals surface area contributed by atoms with E-state index in [2.05, 4.69) is 102 Å². The van der Waals surface area contributed by atoms with Crippen LogP contribution in [-0.2, 0) is 24.0 Å². The molecule has 2 heterocycles. The molecule has 2 aliphatic heterocycles. The average Bonchev–Trinajstić information content (AvgIpc) is 2.74. The van der Waals surface area contributed by atoms with Gasteiger partial charge in [-0.25, -0.2) is 0 Å². The van der Waals surface area contributed by atoms with E-state index in [0.717, 1.165) is 0 Å². The van der Waals surface area contributed by atoms with Crippen molar-refractivity contribution in [3.05, 3.63) is 0 Å². The first kappa shape index (κ1) is 33.8. The van der Waals surface area contributed by atoms with Gasteiger partial charge in [0.2, 0.25) is 0 Å². The Balaban J connectivity index is 0.000000371. The van der Waals surface area contributed by atoms with Crippen LogP contribution in [0, 0.1) is 23.7 Å². The van der Waals surface area contributed by atoms with Crippen LogP contribution in [0.2, 0.25) is 0 Å². The molecule has 8 heteroatoms. The zero-order chi connectivity index (χ0) is 29.5. The zero-order valence-electron chi connectivity index (χ0n) is 26.8. The van der Waals surface area contributed by atoms with Crippen molar-refractivity contribution in [3.63, 3.8) is 0 Å². The summed E-state index contributed by atoms with van der Waals surface area (Å²) in [4.78, 5) is 36.2. The molecule has 0 spiro atoms. The maximum Gasteiger partial charge on any atom is 0.322 e. The standard InChI is InChI=1S/C15H30N2O2.C14H27NO3/c1-10-13(16(8)9)11(2)15(6,7)17(14(10,4)5)19-12(3)18;1-9-12(17-8)10(2)14(6,7)15(13(9,4)5)18-11(3)16/h10-11,13H,1-9H3;9-10,12H,1-8H3. The van der Waals surface area contributed by atoms with Gasteiger partial charge in [0.05, 0.1) is 28.3 Å². The number of rotatable bonds is 4. The van der Waals surface area contributed by atoms with E-state index in [4.69, 9.17) is 14.4 Å². The third kappa shape index (κ3) is 6.34. The van der Waals surface area contributed by atoms with Crippen molar-refractivity contribution in [1.82, 2.24) is 15.0 Å². The van der Waals surface area contributed by atoms with E-state index in [1.165, 1.54) is 13.8 Å². The number of hydroxylamine groups is 4. The van der Waals surface area contributed by atoms with Gasteiger partial charge in [-0.15, -0.1) is 10.1 Å². The third-order valence-electron chi connectivity index (χ3n) is 9.87. The lowest BCUT2D eigenvalue weighted by Gasteiger charge is -2.60. The lowest BCUT2D eigenvalue weighted by molar-refractivity contribution is -0.306. The molecule has 0 radical (unpaired) electrons. The number of piperidine rings is 2. The molecule has 4 unspecified atom stereocenters. The van der Waals surface area contributed by atoms with Crippen LogP contribution in [0.1, 0.15) is 96.9 Å². The summed E-state index contributed by atoms with van der Waals surface area (Å²) < 4.78 is 5.67. The van der Waals surface area contributed by atoms with Gasteiger partial charge in [-0.2, -0.15) is 0 Å². The van der Waals surface area contributed by atoms with Crippen molar-refractivity contribution in [1.29, 1.82) is 0 Å². The molecule has 0 aliphatic carbocycles. The van der Waals surface area contributed by atoms with E-state index in [1.54, 1.807) is 7.11 Å². The van der Waals surface area contributed by atoms with Gasteiger partial charge in [0.25, 0.3) is 0 Å². The second-order valence-electron chi connectivity index (χ2n) is 13.7. The van der Waals surface area contributed by atoms with Crippen LogP contribution in [0.4, 0.5) is 0 Å². The van der Waals surface area contributed by atoms with Gasteiger partial charge in [-0.1, -0.05) is 27.7 Å². The van der Waals surface area contributed by atoms with E-state index >= 15 is 0 Å². The summed E-state index contributed by atoms with van der Waals surface area (Å²) in [5.41, 5.74) is -0.919. The summed E-state index contributed by atoms with van der Waals surface area (Å²) in [7, 11) is 6.02. The fourth-order valence-corrected chi connectivity index (χ4v) is 6.76. The molecule has 0 aromatic rings. The fourth-order valence-electron chi connectivity index (χ4n) is 6.76. The number of carbonyl (C=O) groups is 2. The van der Waals surface area contributed by atoms with Crippen LogP contribution in [0.15, 0.2) is 0 Å². The third-order valence-corrected chi connectivity index (χ3v) is 9.87. The van der Waals surface area contributed by atoms with Gasteiger partial charge in [0, 0.05) is 38.8 Å². The van der Waals surface area contributed by atoms with Crippen LogP contribution in [0.3, 0.4) is 0 Å². The van der Waals surface area contributed by atoms with Crippen molar-refractivity contribution in [3.8, 4) is 0 Å². The monoisotopic (exact) mass is 527 g/mol. The molecule has 218 valence electrons. The number of hydrogen-bond acceptors (Lipinski definition) is 8. The summed E-state index contributed by atoms with van der Waals surface area (Å²) in [6, 6.07) is 0.455. The quantitative estimate of drug-likeness (QED) is 0.496. The molecule has 0 saturated carbocycles. The Kier molecular flexibility index (Phi) is 10.5. The van der Waals surface area contributed by atoms with E-state index in [9.17, 15) is 9.59 Å². The molecule has 37 heavy (non-hydrogen) atoms. The lowest BCUT2D eigenvalue weighted by Crippen LogP contribution is -2.71. The molecule has 0 aromatic carbocycles. The van der Waals surface area contributed by atoms with Crippen molar-refractivity contribution in [2.75, 3.05) is 21.2 Å². The SMILES string of the molecule is CC(=O)ON1C(C)(C)C(C)C(N(C)C)C(C)C1(C)C.COC1C(C)C(C)(C)N(OC(C)=O)C(C)(C)C1C. The Morgan fingerprint density at radius 3 is 1.11 bits per heavy atom. The molecule has 0 bridgehead atoms. The van der Waals surface area contributed by atoms with Gasteiger partial charge in [-0.05, 0) is 81.3 Å². The molecule has 0 amide bonds. The van der Waals surface area contributed by atoms with Crippen molar-refractivity contribution in [2.45, 2.75) is 131 Å². The predicted molar refractivity (Wildman–Crippen MR) is 148 cm³/mol. The number of ether oxygens (including phenoxy) is 1. The van der Waals surface area contributed by atoms with Crippen LogP contribution in [-0.4, -0.2) is 82.5 Å². The predicted octanol–water partition coefficient (Wildman–Crippen LogP) is 5.16. The molecule has 2 fully saturated rings. The fraction of sp³-hybridized carbons (Fsp3) is 0.931. The van der Waals surface area contributed by atoms with Crippen molar-refractivity contribution < 1.29 is 24.0 Å². The maximum atomic E-state index is 11.4. The Morgan fingerprint density at radius 2 is 0.892 bits per heavy atom. The number of hydrogen-bond donors (Lipinski definition) is 0. The minimum atomic E-state index is -0.272. The molecule has 2 aliphatic rings. The summed E-state index contributed by atoms with van der Waals surface area (Å²) in [6.45, 7) is 28.7. The smallest absolute Gasteiger partial charge is 0.322 e. The van der Waals surface area contributed by atoms with E-state index < -0.39 is 0 Å². The first-order valence-corrected chi connectivity index (χ1v) is 13.7. The average molecular weight is 528 g/mol. The Bertz CT molecular complexity index is 763. The Labute approximate surface area is 227 Å². The first-order chi connectivity index (χ1) is 16.5. The number of carbonyl (C=O) groups excluding carboxylic acids is 2. The van der Waals surface area contributed by atoms with E-state index in [-0.39, 0.29) is 52.0 Å². The highest BCUT2D eigenvalue weighted by Crippen LogP contribution is 2.47. The summed E-state index contributed by atoms with van der Waals surface area (Å²) in [6.07, 6.45) is 0.154. The summed E-state index contributed by atoms with van der Waals surface area (Å²) >= 11 is 0. The molecule has 0 aromatic heterocycles. The van der Waals surface area contributed by atoms with Crippen LogP contribution in [0.5, 0.6) is 0 Å². The molecular formula is C29H57N3O5. The Hall–Kier alpha value is -1.22. The van der Waals surface area contributed by atoms with E-state index in [1.807, 2.05) is 10.1 Å². The maximum absolute atomic E-state index is 11.4. The highest BCUT2D eigenvalue weighted by atomic mass is 16.7. The molecule has 2 saturated heterocycles. The molecular weight excluding hydrogens is 470 g/mol. The lowest BCUT2D eigenvalue weighted by atomic mass is 9.65. The van der Waals surface area contributed by atoms with Crippen LogP contribution < -0.4 is 0 Å². The largest absolute Gasteiger partial charge is 0.381 e. The zero-order valence-corrected chi connectivity index (χ0v) is 26.8. The highest BCUT2D eigenvalue weighted by Gasteiger charge is 2.57. The van der Waals surface area contributed by atoms with Gasteiger partial charge in [0.1, 0.15) is 0 Å². The Morgan fingerprint density at radius 1 is 0.622 bits per heavy atom. The number of methoxy groups -OCH3 is 1. The topological polar surface area (TPSA) is 71.6 Å². The minimum absolute atomic E-state index is 0.154. The van der Waals surface area contributed by atoms with Crippen LogP contribution in [0.25, 0.3) is 0 Å². The summed E-state index contributed by atoms with van der Waals surface area (Å²) in [5.74, 6) is 0.805. The summed E-state index contributed by atoms with van der Waals surface area (Å²) in [5, 5.41) is 3.77. The van der Waals surface area contributed by atoms with Crippen LogP contribution >= 0.6 is 0 Å². The van der Waals surface area contributed by atoms with Crippen molar-refractivity contribution >= 4 is 11.9 Å². The second-order valence-corrected chi connectivity index (χ2v) is 13.7. The van der Waals surface area contributed by atoms with Gasteiger partial charge in [0.15, 0.2) is 0 Å².